The minimum Gasteiger partial charge on any atom is -0.381 e. The maximum Gasteiger partial charge on any atom is 0.128 e. The summed E-state index contributed by atoms with van der Waals surface area (Å²) in [5.41, 5.74) is 1.32. The molecule has 25 heavy (non-hydrogen) atoms. The first-order valence-electron chi connectivity index (χ1n) is 9.98. The summed E-state index contributed by atoms with van der Waals surface area (Å²) in [6.07, 6.45) is 8.56. The van der Waals surface area contributed by atoms with E-state index in [4.69, 9.17) is 9.47 Å². The van der Waals surface area contributed by atoms with Crippen LogP contribution in [0.4, 0.5) is 5.82 Å². The summed E-state index contributed by atoms with van der Waals surface area (Å²) in [6.45, 7) is 8.26. The van der Waals surface area contributed by atoms with E-state index in [1.165, 1.54) is 24.8 Å². The highest BCUT2D eigenvalue weighted by Crippen LogP contribution is 2.21. The van der Waals surface area contributed by atoms with Crippen LogP contribution in [0.1, 0.15) is 37.7 Å². The fraction of sp³-hybridized carbons (Fsp3) is 0.750. The first-order chi connectivity index (χ1) is 12.4. The largest absolute Gasteiger partial charge is 0.381 e. The number of ether oxygens (including phenoxy) is 2. The van der Waals surface area contributed by atoms with Gasteiger partial charge in [0, 0.05) is 51.4 Å². The summed E-state index contributed by atoms with van der Waals surface area (Å²) in [5, 5.41) is 0. The second-order valence-electron chi connectivity index (χ2n) is 7.76. The van der Waals surface area contributed by atoms with Crippen molar-refractivity contribution in [3.05, 3.63) is 23.9 Å². The molecule has 3 saturated heterocycles. The van der Waals surface area contributed by atoms with Gasteiger partial charge in [-0.2, -0.15) is 0 Å². The number of pyridine rings is 1. The van der Waals surface area contributed by atoms with Crippen LogP contribution in [0.5, 0.6) is 0 Å². The molecule has 0 N–H and O–H groups in total. The van der Waals surface area contributed by atoms with Gasteiger partial charge in [0.05, 0.1) is 19.3 Å². The number of rotatable bonds is 6. The Morgan fingerprint density at radius 3 is 2.60 bits per heavy atom. The molecule has 0 amide bonds. The van der Waals surface area contributed by atoms with Crippen molar-refractivity contribution in [3.63, 3.8) is 0 Å². The van der Waals surface area contributed by atoms with Crippen molar-refractivity contribution in [1.29, 1.82) is 0 Å². The highest BCUT2D eigenvalue weighted by atomic mass is 16.5. The standard InChI is InChI=1S/C20H31N3O2/c1-2-9-23(8-1)20-4-3-17(13-21-20)14-22-10-5-19(6-11-22)25-16-18-7-12-24-15-18/h3-4,13,18-19H,1-2,5-12,14-16H2. The van der Waals surface area contributed by atoms with Crippen molar-refractivity contribution in [2.75, 3.05) is 50.9 Å². The molecule has 0 saturated carbocycles. The van der Waals surface area contributed by atoms with Gasteiger partial charge >= 0.3 is 0 Å². The van der Waals surface area contributed by atoms with Crippen LogP contribution in [0.2, 0.25) is 0 Å². The summed E-state index contributed by atoms with van der Waals surface area (Å²) in [7, 11) is 0. The Hall–Kier alpha value is -1.17. The zero-order valence-corrected chi connectivity index (χ0v) is 15.2. The average molecular weight is 345 g/mol. The molecule has 138 valence electrons. The highest BCUT2D eigenvalue weighted by Gasteiger charge is 2.23. The van der Waals surface area contributed by atoms with Crippen molar-refractivity contribution in [2.24, 2.45) is 5.92 Å². The average Bonchev–Trinajstić information content (AvgIpc) is 3.36. The van der Waals surface area contributed by atoms with E-state index in [1.54, 1.807) is 0 Å². The Balaban J connectivity index is 1.19. The Morgan fingerprint density at radius 1 is 1.08 bits per heavy atom. The number of hydrogen-bond donors (Lipinski definition) is 0. The molecule has 4 rings (SSSR count). The lowest BCUT2D eigenvalue weighted by Gasteiger charge is -2.32. The van der Waals surface area contributed by atoms with E-state index in [0.717, 1.165) is 71.2 Å². The van der Waals surface area contributed by atoms with Crippen LogP contribution in [0.15, 0.2) is 18.3 Å². The van der Waals surface area contributed by atoms with Gasteiger partial charge in [0.2, 0.25) is 0 Å². The molecule has 3 aliphatic rings. The van der Waals surface area contributed by atoms with Gasteiger partial charge < -0.3 is 14.4 Å². The van der Waals surface area contributed by atoms with Crippen molar-refractivity contribution < 1.29 is 9.47 Å². The molecule has 1 atom stereocenters. The molecule has 0 aliphatic carbocycles. The maximum atomic E-state index is 6.11. The molecule has 0 spiro atoms. The van der Waals surface area contributed by atoms with Gasteiger partial charge in [-0.3, -0.25) is 4.90 Å². The number of nitrogens with zero attached hydrogens (tertiary/aromatic N) is 3. The molecule has 3 aliphatic heterocycles. The van der Waals surface area contributed by atoms with Crippen molar-refractivity contribution in [1.82, 2.24) is 9.88 Å². The molecular formula is C20H31N3O2. The number of piperidine rings is 1. The molecule has 0 bridgehead atoms. The summed E-state index contributed by atoms with van der Waals surface area (Å²) in [4.78, 5) is 9.60. The van der Waals surface area contributed by atoms with Crippen LogP contribution in [0.25, 0.3) is 0 Å². The molecular weight excluding hydrogens is 314 g/mol. The molecule has 5 heteroatoms. The summed E-state index contributed by atoms with van der Waals surface area (Å²) in [6, 6.07) is 4.45. The van der Waals surface area contributed by atoms with Crippen LogP contribution in [0, 0.1) is 5.92 Å². The maximum absolute atomic E-state index is 6.11. The smallest absolute Gasteiger partial charge is 0.128 e. The number of hydrogen-bond acceptors (Lipinski definition) is 5. The number of likely N-dealkylation sites (tertiary alicyclic amines) is 1. The van der Waals surface area contributed by atoms with Crippen LogP contribution in [-0.2, 0) is 16.0 Å². The topological polar surface area (TPSA) is 37.8 Å². The predicted molar refractivity (Wildman–Crippen MR) is 98.9 cm³/mol. The fourth-order valence-corrected chi connectivity index (χ4v) is 4.12. The third-order valence-corrected chi connectivity index (χ3v) is 5.77. The van der Waals surface area contributed by atoms with E-state index in [-0.39, 0.29) is 0 Å². The highest BCUT2D eigenvalue weighted by molar-refractivity contribution is 5.40. The summed E-state index contributed by atoms with van der Waals surface area (Å²) >= 11 is 0. The summed E-state index contributed by atoms with van der Waals surface area (Å²) < 4.78 is 11.5. The number of aromatic nitrogens is 1. The first-order valence-corrected chi connectivity index (χ1v) is 9.98. The lowest BCUT2D eigenvalue weighted by Crippen LogP contribution is -2.37. The summed E-state index contributed by atoms with van der Waals surface area (Å²) in [5.74, 6) is 1.77. The van der Waals surface area contributed by atoms with E-state index < -0.39 is 0 Å². The molecule has 0 radical (unpaired) electrons. The van der Waals surface area contributed by atoms with Crippen molar-refractivity contribution in [3.8, 4) is 0 Å². The van der Waals surface area contributed by atoms with E-state index in [1.807, 2.05) is 0 Å². The molecule has 1 aromatic rings. The van der Waals surface area contributed by atoms with Crippen LogP contribution < -0.4 is 4.90 Å². The minimum atomic E-state index is 0.438. The van der Waals surface area contributed by atoms with Crippen LogP contribution in [0.3, 0.4) is 0 Å². The predicted octanol–water partition coefficient (Wildman–Crippen LogP) is 2.70. The Bertz CT molecular complexity index is 516. The second kappa shape index (κ2) is 8.47. The molecule has 4 heterocycles. The zero-order chi connectivity index (χ0) is 16.9. The minimum absolute atomic E-state index is 0.438. The van der Waals surface area contributed by atoms with Crippen molar-refractivity contribution in [2.45, 2.75) is 44.8 Å². The van der Waals surface area contributed by atoms with E-state index in [0.29, 0.717) is 12.0 Å². The zero-order valence-electron chi connectivity index (χ0n) is 15.2. The molecule has 3 fully saturated rings. The van der Waals surface area contributed by atoms with Gasteiger partial charge in [-0.25, -0.2) is 4.98 Å². The van der Waals surface area contributed by atoms with Gasteiger partial charge in [0.25, 0.3) is 0 Å². The van der Waals surface area contributed by atoms with Gasteiger partial charge in [-0.05, 0) is 43.7 Å². The molecule has 0 aromatic carbocycles. The van der Waals surface area contributed by atoms with Gasteiger partial charge in [-0.1, -0.05) is 6.07 Å². The Kier molecular flexibility index (Phi) is 5.85. The quantitative estimate of drug-likeness (QED) is 0.792. The Morgan fingerprint density at radius 2 is 1.92 bits per heavy atom. The lowest BCUT2D eigenvalue weighted by atomic mass is 10.1. The Labute approximate surface area is 151 Å². The van der Waals surface area contributed by atoms with Gasteiger partial charge in [0.1, 0.15) is 5.82 Å². The monoisotopic (exact) mass is 345 g/mol. The second-order valence-corrected chi connectivity index (χ2v) is 7.76. The van der Waals surface area contributed by atoms with Crippen LogP contribution in [-0.4, -0.2) is 62.0 Å². The SMILES string of the molecule is c1cc(N2CCCC2)ncc1CN1CCC(OCC2CCOC2)CC1. The fourth-order valence-electron chi connectivity index (χ4n) is 4.12. The van der Waals surface area contributed by atoms with Crippen molar-refractivity contribution >= 4 is 5.82 Å². The third kappa shape index (κ3) is 4.72. The molecule has 1 aromatic heterocycles. The van der Waals surface area contributed by atoms with Crippen LogP contribution >= 0.6 is 0 Å². The third-order valence-electron chi connectivity index (χ3n) is 5.77. The van der Waals surface area contributed by atoms with E-state index in [2.05, 4.69) is 33.1 Å². The normalized spacial score (nSPS) is 25.8. The van der Waals surface area contributed by atoms with E-state index in [9.17, 15) is 0 Å². The van der Waals surface area contributed by atoms with Gasteiger partial charge in [-0.15, -0.1) is 0 Å². The van der Waals surface area contributed by atoms with Gasteiger partial charge in [0.15, 0.2) is 0 Å². The molecule has 5 nitrogen and oxygen atoms in total. The first kappa shape index (κ1) is 17.3. The van der Waals surface area contributed by atoms with E-state index >= 15 is 0 Å². The molecule has 1 unspecified atom stereocenters. The number of anilines is 1. The lowest BCUT2D eigenvalue weighted by molar-refractivity contribution is -0.0117.